The van der Waals surface area contributed by atoms with E-state index < -0.39 is 0 Å². The predicted molar refractivity (Wildman–Crippen MR) is 125 cm³/mol. The maximum Gasteiger partial charge on any atom is 0.282 e. The number of hydrogen-bond donors (Lipinski definition) is 2. The van der Waals surface area contributed by atoms with Crippen molar-refractivity contribution in [1.82, 2.24) is 15.1 Å². The highest BCUT2D eigenvalue weighted by Gasteiger charge is 2.21. The summed E-state index contributed by atoms with van der Waals surface area (Å²) < 4.78 is 11.9. The Morgan fingerprint density at radius 2 is 2.07 bits per heavy atom. The normalized spacial score (nSPS) is 11.2. The zero-order valence-corrected chi connectivity index (χ0v) is 19.5. The maximum absolute atomic E-state index is 13.0. The highest BCUT2D eigenvalue weighted by molar-refractivity contribution is 14.2. The number of nitrogen functional groups attached to an aromatic ring is 1. The number of fused-ring (bicyclic) bond motifs is 1. The molecule has 0 aliphatic heterocycles. The van der Waals surface area contributed by atoms with E-state index in [1.165, 1.54) is 25.2 Å². The molecule has 0 saturated heterocycles. The zero-order valence-electron chi connectivity index (χ0n) is 15.7. The molecule has 0 saturated carbocycles. The van der Waals surface area contributed by atoms with Gasteiger partial charge in [0, 0.05) is 38.0 Å². The van der Waals surface area contributed by atoms with Crippen molar-refractivity contribution in [3.8, 4) is 11.4 Å². The van der Waals surface area contributed by atoms with Gasteiger partial charge in [0.05, 0.1) is 31.9 Å². The largest absolute Gasteiger partial charge is 0.491 e. The number of ether oxygens (including phenoxy) is 1. The number of nitrogens with two attached hydrogens (primary N) is 1. The van der Waals surface area contributed by atoms with Crippen LogP contribution in [-0.4, -0.2) is 34.9 Å². The molecule has 1 amide bonds. The van der Waals surface area contributed by atoms with Gasteiger partial charge in [0.1, 0.15) is 12.4 Å². The van der Waals surface area contributed by atoms with E-state index >= 15 is 0 Å². The number of aromatic nitrogens is 2. The fraction of sp³-hybridized carbons (Fsp3) is 0.278. The minimum absolute atomic E-state index is 0.0678. The van der Waals surface area contributed by atoms with Gasteiger partial charge in [-0.2, -0.15) is 9.78 Å². The molecule has 29 heavy (non-hydrogen) atoms. The summed E-state index contributed by atoms with van der Waals surface area (Å²) in [6.07, 6.45) is 0. The van der Waals surface area contributed by atoms with E-state index in [2.05, 4.69) is 10.4 Å². The summed E-state index contributed by atoms with van der Waals surface area (Å²) in [6, 6.07) is 6.80. The SMILES string of the molecule is CC(C)NC(=O)c1nn(-c2ccc(OCCOSI)cc2)c(=O)c2c(N)scc12. The summed E-state index contributed by atoms with van der Waals surface area (Å²) in [5, 5.41) is 9.94. The van der Waals surface area contributed by atoms with Crippen molar-refractivity contribution in [1.29, 1.82) is 0 Å². The maximum atomic E-state index is 13.0. The standard InChI is InChI=1S/C18H19IN4O4S2/c1-10(2)21-17(24)15-13-9-28-16(20)14(13)18(25)23(22-15)11-3-5-12(6-4-11)26-7-8-27-29-19/h3-6,9-10H,7-8,20H2,1-2H3,(H,21,24). The Kier molecular flexibility index (Phi) is 7.38. The molecule has 3 rings (SSSR count). The van der Waals surface area contributed by atoms with Gasteiger partial charge < -0.3 is 20.0 Å². The molecule has 154 valence electrons. The van der Waals surface area contributed by atoms with E-state index in [-0.39, 0.29) is 23.2 Å². The number of amides is 1. The van der Waals surface area contributed by atoms with Gasteiger partial charge in [-0.25, -0.2) is 0 Å². The summed E-state index contributed by atoms with van der Waals surface area (Å²) in [4.78, 5) is 25.6. The lowest BCUT2D eigenvalue weighted by Crippen LogP contribution is -2.33. The van der Waals surface area contributed by atoms with Crippen molar-refractivity contribution in [2.24, 2.45) is 0 Å². The quantitative estimate of drug-likeness (QED) is 0.253. The van der Waals surface area contributed by atoms with E-state index in [1.807, 2.05) is 35.1 Å². The van der Waals surface area contributed by atoms with Crippen LogP contribution in [0.25, 0.3) is 16.5 Å². The number of rotatable bonds is 8. The second-order valence-corrected chi connectivity index (χ2v) is 8.66. The fourth-order valence-electron chi connectivity index (χ4n) is 2.65. The van der Waals surface area contributed by atoms with Gasteiger partial charge >= 0.3 is 0 Å². The minimum Gasteiger partial charge on any atom is -0.491 e. The van der Waals surface area contributed by atoms with Crippen LogP contribution in [0.4, 0.5) is 5.00 Å². The van der Waals surface area contributed by atoms with E-state index in [1.54, 1.807) is 29.6 Å². The first kappa shape index (κ1) is 21.9. The van der Waals surface area contributed by atoms with Crippen LogP contribution in [-0.2, 0) is 4.18 Å². The summed E-state index contributed by atoms with van der Waals surface area (Å²) in [7, 11) is 1.25. The highest BCUT2D eigenvalue weighted by Crippen LogP contribution is 2.27. The highest BCUT2D eigenvalue weighted by atomic mass is 127. The molecule has 8 nitrogen and oxygen atoms in total. The Balaban J connectivity index is 1.98. The molecular weight excluding hydrogens is 527 g/mol. The van der Waals surface area contributed by atoms with Gasteiger partial charge in [-0.3, -0.25) is 9.59 Å². The molecule has 1 aromatic carbocycles. The lowest BCUT2D eigenvalue weighted by atomic mass is 10.2. The molecule has 2 aromatic heterocycles. The number of thiophene rings is 1. The zero-order chi connectivity index (χ0) is 21.0. The number of carbonyl (C=O) groups excluding carboxylic acids is 1. The number of nitrogens with one attached hydrogen (secondary N) is 1. The van der Waals surface area contributed by atoms with Crippen molar-refractivity contribution < 1.29 is 13.7 Å². The molecule has 0 radical (unpaired) electrons. The van der Waals surface area contributed by atoms with Crippen molar-refractivity contribution in [3.63, 3.8) is 0 Å². The third kappa shape index (κ3) is 5.02. The van der Waals surface area contributed by atoms with Gasteiger partial charge in [0.2, 0.25) is 0 Å². The van der Waals surface area contributed by atoms with Gasteiger partial charge in [-0.05, 0) is 38.1 Å². The van der Waals surface area contributed by atoms with Crippen LogP contribution in [0.5, 0.6) is 5.75 Å². The van der Waals surface area contributed by atoms with Crippen LogP contribution < -0.4 is 21.3 Å². The number of hydrogen-bond acceptors (Lipinski definition) is 8. The molecule has 0 unspecified atom stereocenters. The smallest absolute Gasteiger partial charge is 0.282 e. The first-order valence-electron chi connectivity index (χ1n) is 8.66. The van der Waals surface area contributed by atoms with Gasteiger partial charge in [0.25, 0.3) is 11.5 Å². The molecule has 0 spiro atoms. The van der Waals surface area contributed by atoms with Crippen LogP contribution in [0.2, 0.25) is 0 Å². The molecule has 2 heterocycles. The van der Waals surface area contributed by atoms with E-state index in [4.69, 9.17) is 14.7 Å². The van der Waals surface area contributed by atoms with Crippen molar-refractivity contribution in [3.05, 3.63) is 45.7 Å². The number of benzene rings is 1. The second-order valence-electron chi connectivity index (χ2n) is 6.31. The number of nitrogens with zero attached hydrogens (tertiary/aromatic N) is 2. The molecule has 3 aromatic rings. The van der Waals surface area contributed by atoms with Gasteiger partial charge in [0.15, 0.2) is 5.69 Å². The predicted octanol–water partition coefficient (Wildman–Crippen LogP) is 3.56. The third-order valence-corrected chi connectivity index (χ3v) is 5.71. The van der Waals surface area contributed by atoms with E-state index in [0.717, 1.165) is 0 Å². The first-order valence-corrected chi connectivity index (χ1v) is 12.8. The topological polar surface area (TPSA) is 108 Å². The summed E-state index contributed by atoms with van der Waals surface area (Å²) >= 11 is 3.25. The number of anilines is 1. The second kappa shape index (κ2) is 9.78. The van der Waals surface area contributed by atoms with Crippen LogP contribution in [0, 0.1) is 0 Å². The number of halogens is 1. The number of carbonyl (C=O) groups is 1. The summed E-state index contributed by atoms with van der Waals surface area (Å²) in [6.45, 7) is 4.58. The lowest BCUT2D eigenvalue weighted by molar-refractivity contribution is 0.0938. The Bertz CT molecular complexity index is 1070. The average Bonchev–Trinajstić information content (AvgIpc) is 3.08. The molecule has 0 atom stereocenters. The molecular formula is C18H19IN4O4S2. The molecule has 3 N–H and O–H groups in total. The average molecular weight is 546 g/mol. The Morgan fingerprint density at radius 1 is 1.34 bits per heavy atom. The Labute approximate surface area is 187 Å². The van der Waals surface area contributed by atoms with Crippen LogP contribution in [0.1, 0.15) is 24.3 Å². The van der Waals surface area contributed by atoms with Crippen molar-refractivity contribution >= 4 is 63.4 Å². The van der Waals surface area contributed by atoms with Crippen molar-refractivity contribution in [2.45, 2.75) is 19.9 Å². The van der Waals surface area contributed by atoms with Crippen LogP contribution in [0.3, 0.4) is 0 Å². The van der Waals surface area contributed by atoms with E-state index in [0.29, 0.717) is 40.4 Å². The first-order chi connectivity index (χ1) is 13.9. The van der Waals surface area contributed by atoms with Crippen LogP contribution >= 0.6 is 41.8 Å². The minimum atomic E-state index is -0.374. The van der Waals surface area contributed by atoms with Crippen LogP contribution in [0.15, 0.2) is 34.4 Å². The summed E-state index contributed by atoms with van der Waals surface area (Å²) in [5.74, 6) is 0.280. The summed E-state index contributed by atoms with van der Waals surface area (Å²) in [5.41, 5.74) is 6.30. The fourth-order valence-corrected chi connectivity index (χ4v) is 4.11. The molecule has 0 fully saturated rings. The van der Waals surface area contributed by atoms with Crippen molar-refractivity contribution in [2.75, 3.05) is 18.9 Å². The monoisotopic (exact) mass is 546 g/mol. The molecule has 0 bridgehead atoms. The Morgan fingerprint density at radius 3 is 2.72 bits per heavy atom. The van der Waals surface area contributed by atoms with Gasteiger partial charge in [-0.1, -0.05) is 0 Å². The van der Waals surface area contributed by atoms with E-state index in [9.17, 15) is 9.59 Å². The molecule has 0 aliphatic rings. The third-order valence-electron chi connectivity index (χ3n) is 3.88. The molecule has 11 heteroatoms. The van der Waals surface area contributed by atoms with Gasteiger partial charge in [-0.15, -0.1) is 11.3 Å². The molecule has 0 aliphatic carbocycles. The Hall–Kier alpha value is -1.83. The lowest BCUT2D eigenvalue weighted by Gasteiger charge is -2.12.